The minimum atomic E-state index is 0.0697. The van der Waals surface area contributed by atoms with Crippen molar-refractivity contribution in [2.24, 2.45) is 5.73 Å². The topological polar surface area (TPSA) is 83.7 Å². The summed E-state index contributed by atoms with van der Waals surface area (Å²) in [5.74, 6) is 0.961. The lowest BCUT2D eigenvalue weighted by Crippen LogP contribution is -2.47. The van der Waals surface area contributed by atoms with E-state index >= 15 is 0 Å². The van der Waals surface area contributed by atoms with Gasteiger partial charge in [0, 0.05) is 25.0 Å². The molecule has 1 aliphatic rings. The molecule has 1 aromatic carbocycles. The number of aromatic amines is 1. The second kappa shape index (κ2) is 5.62. The Hall–Kier alpha value is -2.47. The van der Waals surface area contributed by atoms with Gasteiger partial charge in [-0.1, -0.05) is 30.3 Å². The van der Waals surface area contributed by atoms with Crippen LogP contribution in [-0.2, 0) is 5.41 Å². The number of aromatic nitrogens is 4. The number of benzene rings is 1. The van der Waals surface area contributed by atoms with Crippen molar-refractivity contribution < 1.29 is 0 Å². The summed E-state index contributed by atoms with van der Waals surface area (Å²) >= 11 is 0. The number of nitrogens with two attached hydrogens (primary N) is 1. The number of nitrogens with one attached hydrogen (secondary N) is 1. The molecule has 0 saturated carbocycles. The molecular formula is C17H20N6. The van der Waals surface area contributed by atoms with E-state index in [0.717, 1.165) is 42.8 Å². The van der Waals surface area contributed by atoms with Crippen molar-refractivity contribution in [3.63, 3.8) is 0 Å². The van der Waals surface area contributed by atoms with E-state index in [-0.39, 0.29) is 5.41 Å². The molecule has 6 nitrogen and oxygen atoms in total. The number of anilines is 1. The largest absolute Gasteiger partial charge is 0.356 e. The van der Waals surface area contributed by atoms with Crippen LogP contribution in [0.2, 0.25) is 0 Å². The maximum atomic E-state index is 6.17. The Morgan fingerprint density at radius 2 is 1.91 bits per heavy atom. The Kier molecular flexibility index (Phi) is 3.46. The summed E-state index contributed by atoms with van der Waals surface area (Å²) in [7, 11) is 0. The van der Waals surface area contributed by atoms with Gasteiger partial charge in [0.15, 0.2) is 5.65 Å². The Morgan fingerprint density at radius 1 is 1.13 bits per heavy atom. The molecule has 3 N–H and O–H groups in total. The highest BCUT2D eigenvalue weighted by Gasteiger charge is 2.35. The molecule has 3 aromatic rings. The van der Waals surface area contributed by atoms with Gasteiger partial charge in [0.25, 0.3) is 0 Å². The average molecular weight is 308 g/mol. The predicted octanol–water partition coefficient (Wildman–Crippen LogP) is 1.85. The summed E-state index contributed by atoms with van der Waals surface area (Å²) in [5, 5.41) is 7.96. The highest BCUT2D eigenvalue weighted by molar-refractivity contribution is 5.86. The first-order valence-electron chi connectivity index (χ1n) is 7.97. The lowest BCUT2D eigenvalue weighted by molar-refractivity contribution is 0.339. The third-order valence-corrected chi connectivity index (χ3v) is 5.02. The smallest absolute Gasteiger partial charge is 0.160 e. The lowest BCUT2D eigenvalue weighted by atomic mass is 9.73. The van der Waals surface area contributed by atoms with Crippen LogP contribution in [0.3, 0.4) is 0 Å². The van der Waals surface area contributed by atoms with Gasteiger partial charge in [-0.25, -0.2) is 9.97 Å². The molecule has 0 aliphatic carbocycles. The van der Waals surface area contributed by atoms with E-state index in [1.807, 2.05) is 0 Å². The van der Waals surface area contributed by atoms with Gasteiger partial charge in [-0.05, 0) is 18.4 Å². The zero-order chi connectivity index (χ0) is 15.7. The Balaban J connectivity index is 1.60. The van der Waals surface area contributed by atoms with Crippen LogP contribution in [-0.4, -0.2) is 39.8 Å². The van der Waals surface area contributed by atoms with E-state index in [4.69, 9.17) is 5.73 Å². The third kappa shape index (κ3) is 2.35. The molecule has 118 valence electrons. The van der Waals surface area contributed by atoms with Crippen LogP contribution in [0.1, 0.15) is 18.4 Å². The fourth-order valence-electron chi connectivity index (χ4n) is 3.55. The highest BCUT2D eigenvalue weighted by Crippen LogP contribution is 2.36. The highest BCUT2D eigenvalue weighted by atomic mass is 15.2. The quantitative estimate of drug-likeness (QED) is 0.771. The second-order valence-electron chi connectivity index (χ2n) is 6.17. The summed E-state index contributed by atoms with van der Waals surface area (Å²) in [4.78, 5) is 11.0. The summed E-state index contributed by atoms with van der Waals surface area (Å²) in [5.41, 5.74) is 8.37. The second-order valence-corrected chi connectivity index (χ2v) is 6.17. The van der Waals surface area contributed by atoms with Crippen LogP contribution >= 0.6 is 0 Å². The number of nitrogens with zero attached hydrogens (tertiary/aromatic N) is 4. The van der Waals surface area contributed by atoms with Crippen LogP contribution in [0.4, 0.5) is 5.82 Å². The van der Waals surface area contributed by atoms with Gasteiger partial charge in [-0.3, -0.25) is 5.10 Å². The van der Waals surface area contributed by atoms with Gasteiger partial charge in [-0.2, -0.15) is 5.10 Å². The predicted molar refractivity (Wildman–Crippen MR) is 90.3 cm³/mol. The molecule has 0 bridgehead atoms. The van der Waals surface area contributed by atoms with E-state index in [1.165, 1.54) is 5.56 Å². The van der Waals surface area contributed by atoms with Crippen LogP contribution in [0.15, 0.2) is 42.9 Å². The molecule has 0 atom stereocenters. The molecule has 1 fully saturated rings. The first kappa shape index (κ1) is 14.1. The van der Waals surface area contributed by atoms with E-state index in [9.17, 15) is 0 Å². The van der Waals surface area contributed by atoms with Gasteiger partial charge < -0.3 is 10.6 Å². The molecule has 4 rings (SSSR count). The van der Waals surface area contributed by atoms with E-state index in [0.29, 0.717) is 6.54 Å². The average Bonchev–Trinajstić information content (AvgIpc) is 3.11. The van der Waals surface area contributed by atoms with Crippen molar-refractivity contribution >= 4 is 16.9 Å². The van der Waals surface area contributed by atoms with Crippen LogP contribution in [0.25, 0.3) is 11.0 Å². The Bertz CT molecular complexity index is 789. The molecular weight excluding hydrogens is 288 g/mol. The molecule has 0 amide bonds. The molecule has 1 saturated heterocycles. The summed E-state index contributed by atoms with van der Waals surface area (Å²) < 4.78 is 0. The van der Waals surface area contributed by atoms with E-state index in [1.54, 1.807) is 12.5 Å². The molecule has 1 aliphatic heterocycles. The lowest BCUT2D eigenvalue weighted by Gasteiger charge is -2.42. The fourth-order valence-corrected chi connectivity index (χ4v) is 3.55. The maximum Gasteiger partial charge on any atom is 0.160 e. The summed E-state index contributed by atoms with van der Waals surface area (Å²) in [6, 6.07) is 10.6. The summed E-state index contributed by atoms with van der Waals surface area (Å²) in [6.45, 7) is 2.54. The molecule has 2 aromatic heterocycles. The van der Waals surface area contributed by atoms with Crippen molar-refractivity contribution in [1.29, 1.82) is 0 Å². The number of fused-ring (bicyclic) bond motifs is 1. The SMILES string of the molecule is NCC1(c2ccccc2)CCN(c2ncnc3[nH]ncc23)CC1. The zero-order valence-electron chi connectivity index (χ0n) is 12.9. The number of rotatable bonds is 3. The number of H-pyrrole nitrogens is 1. The first-order chi connectivity index (χ1) is 11.3. The third-order valence-electron chi connectivity index (χ3n) is 5.02. The normalized spacial score (nSPS) is 17.5. The fraction of sp³-hybridized carbons (Fsp3) is 0.353. The maximum absolute atomic E-state index is 6.17. The molecule has 0 radical (unpaired) electrons. The van der Waals surface area contributed by atoms with Crippen LogP contribution < -0.4 is 10.6 Å². The minimum Gasteiger partial charge on any atom is -0.356 e. The molecule has 3 heterocycles. The monoisotopic (exact) mass is 308 g/mol. The zero-order valence-corrected chi connectivity index (χ0v) is 12.9. The van der Waals surface area contributed by atoms with Gasteiger partial charge in [-0.15, -0.1) is 0 Å². The Morgan fingerprint density at radius 3 is 2.65 bits per heavy atom. The number of hydrogen-bond donors (Lipinski definition) is 2. The minimum absolute atomic E-state index is 0.0697. The number of hydrogen-bond acceptors (Lipinski definition) is 5. The Labute approximate surface area is 134 Å². The van der Waals surface area contributed by atoms with Gasteiger partial charge >= 0.3 is 0 Å². The van der Waals surface area contributed by atoms with Crippen LogP contribution in [0.5, 0.6) is 0 Å². The molecule has 0 spiro atoms. The van der Waals surface area contributed by atoms with Crippen molar-refractivity contribution in [1.82, 2.24) is 20.2 Å². The first-order valence-corrected chi connectivity index (χ1v) is 7.97. The van der Waals surface area contributed by atoms with Crippen LogP contribution in [0, 0.1) is 0 Å². The molecule has 6 heteroatoms. The molecule has 0 unspecified atom stereocenters. The number of piperidine rings is 1. The summed E-state index contributed by atoms with van der Waals surface area (Å²) in [6.07, 6.45) is 5.44. The van der Waals surface area contributed by atoms with Gasteiger partial charge in [0.05, 0.1) is 11.6 Å². The van der Waals surface area contributed by atoms with Crippen molar-refractivity contribution in [3.05, 3.63) is 48.4 Å². The van der Waals surface area contributed by atoms with Crippen molar-refractivity contribution in [2.75, 3.05) is 24.5 Å². The van der Waals surface area contributed by atoms with Gasteiger partial charge in [0.1, 0.15) is 12.1 Å². The van der Waals surface area contributed by atoms with E-state index in [2.05, 4.69) is 55.4 Å². The molecule has 23 heavy (non-hydrogen) atoms. The van der Waals surface area contributed by atoms with Gasteiger partial charge in [0.2, 0.25) is 0 Å². The van der Waals surface area contributed by atoms with Crippen molar-refractivity contribution in [2.45, 2.75) is 18.3 Å². The van der Waals surface area contributed by atoms with E-state index < -0.39 is 0 Å². The van der Waals surface area contributed by atoms with Crippen molar-refractivity contribution in [3.8, 4) is 0 Å². The standard InChI is InChI=1S/C17H20N6/c18-11-17(13-4-2-1-3-5-13)6-8-23(9-7-17)16-14-10-21-22-15(14)19-12-20-16/h1-5,10,12H,6-9,11,18H2,(H,19,20,21,22).